The number of aromatic nitrogens is 1. The van der Waals surface area contributed by atoms with Crippen molar-refractivity contribution in [3.05, 3.63) is 40.7 Å². The molecule has 1 aromatic heterocycles. The van der Waals surface area contributed by atoms with Crippen LogP contribution in [0.3, 0.4) is 0 Å². The lowest BCUT2D eigenvalue weighted by atomic mass is 9.88. The van der Waals surface area contributed by atoms with E-state index < -0.39 is 0 Å². The largest absolute Gasteiger partial charge is 0.382 e. The summed E-state index contributed by atoms with van der Waals surface area (Å²) in [5.41, 5.74) is 1.08. The van der Waals surface area contributed by atoms with E-state index in [0.717, 1.165) is 11.1 Å². The third-order valence-electron chi connectivity index (χ3n) is 3.66. The van der Waals surface area contributed by atoms with Crippen molar-refractivity contribution < 1.29 is 4.92 Å². The van der Waals surface area contributed by atoms with Gasteiger partial charge in [0.2, 0.25) is 0 Å². The molecular formula is C15H19N3O2. The van der Waals surface area contributed by atoms with Crippen molar-refractivity contribution in [3.63, 3.8) is 0 Å². The van der Waals surface area contributed by atoms with E-state index in [4.69, 9.17) is 0 Å². The van der Waals surface area contributed by atoms with Crippen LogP contribution in [0.25, 0.3) is 10.8 Å². The number of non-ortho nitro benzene ring substituents is 1. The molecule has 1 N–H and O–H groups in total. The molecule has 2 rings (SSSR count). The van der Waals surface area contributed by atoms with E-state index in [1.165, 1.54) is 0 Å². The average molecular weight is 273 g/mol. The summed E-state index contributed by atoms with van der Waals surface area (Å²) in [4.78, 5) is 14.8. The van der Waals surface area contributed by atoms with Crippen molar-refractivity contribution in [1.82, 2.24) is 4.98 Å². The first-order valence-electron chi connectivity index (χ1n) is 6.58. The molecule has 0 saturated heterocycles. The lowest BCUT2D eigenvalue weighted by molar-refractivity contribution is -0.383. The summed E-state index contributed by atoms with van der Waals surface area (Å²) in [6.07, 6.45) is 3.24. The summed E-state index contributed by atoms with van der Waals surface area (Å²) in [6, 6.07) is 5.21. The van der Waals surface area contributed by atoms with Crippen molar-refractivity contribution in [2.24, 2.45) is 5.41 Å². The van der Waals surface area contributed by atoms with Gasteiger partial charge in [0.05, 0.1) is 10.3 Å². The Morgan fingerprint density at radius 3 is 2.55 bits per heavy atom. The fourth-order valence-corrected chi connectivity index (χ4v) is 1.91. The summed E-state index contributed by atoms with van der Waals surface area (Å²) in [5.74, 6) is 0. The lowest BCUT2D eigenvalue weighted by Crippen LogP contribution is -2.30. The number of nitrogens with one attached hydrogen (secondary N) is 1. The number of fused-ring (bicyclic) bond motifs is 1. The zero-order chi connectivity index (χ0) is 14.9. The molecule has 1 heterocycles. The summed E-state index contributed by atoms with van der Waals surface area (Å²) < 4.78 is 0. The molecule has 1 aromatic carbocycles. The first-order chi connectivity index (χ1) is 9.30. The number of pyridine rings is 1. The molecule has 106 valence electrons. The van der Waals surface area contributed by atoms with E-state index in [2.05, 4.69) is 38.0 Å². The third kappa shape index (κ3) is 2.71. The van der Waals surface area contributed by atoms with Crippen LogP contribution in [-0.4, -0.2) is 15.9 Å². The molecule has 0 amide bonds. The quantitative estimate of drug-likeness (QED) is 0.678. The first kappa shape index (κ1) is 14.2. The van der Waals surface area contributed by atoms with Gasteiger partial charge in [-0.05, 0) is 24.5 Å². The van der Waals surface area contributed by atoms with Gasteiger partial charge in [-0.2, -0.15) is 0 Å². The maximum absolute atomic E-state index is 11.1. The van der Waals surface area contributed by atoms with Gasteiger partial charge in [-0.3, -0.25) is 15.1 Å². The molecule has 0 aliphatic heterocycles. The van der Waals surface area contributed by atoms with Gasteiger partial charge in [-0.1, -0.05) is 20.8 Å². The highest BCUT2D eigenvalue weighted by atomic mass is 16.6. The fraction of sp³-hybridized carbons (Fsp3) is 0.400. The SMILES string of the molecule is CC(Nc1ccc([N+](=O)[O-])c2ccncc12)C(C)(C)C. The number of anilines is 1. The standard InChI is InChI=1S/C15H19N3O2/c1-10(15(2,3)4)17-13-5-6-14(18(19)20)11-7-8-16-9-12(11)13/h5-10,17H,1-4H3. The normalized spacial score (nSPS) is 13.2. The summed E-state index contributed by atoms with van der Waals surface area (Å²) in [6.45, 7) is 8.55. The van der Waals surface area contributed by atoms with E-state index in [9.17, 15) is 10.1 Å². The molecule has 2 aromatic rings. The van der Waals surface area contributed by atoms with Crippen molar-refractivity contribution in [3.8, 4) is 0 Å². The van der Waals surface area contributed by atoms with Gasteiger partial charge in [0.15, 0.2) is 0 Å². The summed E-state index contributed by atoms with van der Waals surface area (Å²) in [7, 11) is 0. The van der Waals surface area contributed by atoms with Gasteiger partial charge in [0.25, 0.3) is 5.69 Å². The van der Waals surface area contributed by atoms with Crippen LogP contribution in [0.1, 0.15) is 27.7 Å². The minimum absolute atomic E-state index is 0.0936. The minimum atomic E-state index is -0.362. The van der Waals surface area contributed by atoms with Crippen LogP contribution in [0.4, 0.5) is 11.4 Å². The number of hydrogen-bond acceptors (Lipinski definition) is 4. The van der Waals surface area contributed by atoms with Crippen LogP contribution >= 0.6 is 0 Å². The number of nitrogens with zero attached hydrogens (tertiary/aromatic N) is 2. The highest BCUT2D eigenvalue weighted by Gasteiger charge is 2.21. The van der Waals surface area contributed by atoms with E-state index >= 15 is 0 Å². The zero-order valence-electron chi connectivity index (χ0n) is 12.2. The van der Waals surface area contributed by atoms with E-state index in [1.807, 2.05) is 0 Å². The molecule has 1 unspecified atom stereocenters. The Bertz CT molecular complexity index is 647. The minimum Gasteiger partial charge on any atom is -0.382 e. The molecule has 0 spiro atoms. The van der Waals surface area contributed by atoms with Gasteiger partial charge in [-0.25, -0.2) is 0 Å². The average Bonchev–Trinajstić information content (AvgIpc) is 2.37. The highest BCUT2D eigenvalue weighted by Crippen LogP contribution is 2.32. The Kier molecular flexibility index (Phi) is 3.61. The molecule has 0 aliphatic carbocycles. The maximum atomic E-state index is 11.1. The molecule has 0 saturated carbocycles. The van der Waals surface area contributed by atoms with Crippen LogP contribution in [0.15, 0.2) is 30.6 Å². The Morgan fingerprint density at radius 1 is 1.25 bits per heavy atom. The number of benzene rings is 1. The summed E-state index contributed by atoms with van der Waals surface area (Å²) >= 11 is 0. The number of hydrogen-bond donors (Lipinski definition) is 1. The monoisotopic (exact) mass is 273 g/mol. The fourth-order valence-electron chi connectivity index (χ4n) is 1.91. The van der Waals surface area contributed by atoms with Crippen molar-refractivity contribution in [2.75, 3.05) is 5.32 Å². The molecule has 0 fully saturated rings. The van der Waals surface area contributed by atoms with Crippen LogP contribution in [0.5, 0.6) is 0 Å². The first-order valence-corrected chi connectivity index (χ1v) is 6.58. The Labute approximate surface area is 118 Å². The third-order valence-corrected chi connectivity index (χ3v) is 3.66. The van der Waals surface area contributed by atoms with Gasteiger partial charge in [0, 0.05) is 35.6 Å². The van der Waals surface area contributed by atoms with Gasteiger partial charge in [-0.15, -0.1) is 0 Å². The second-order valence-corrected chi connectivity index (χ2v) is 6.04. The number of rotatable bonds is 3. The molecule has 0 bridgehead atoms. The zero-order valence-corrected chi connectivity index (χ0v) is 12.2. The van der Waals surface area contributed by atoms with E-state index in [1.54, 1.807) is 30.6 Å². The number of nitro groups is 1. The molecule has 0 radical (unpaired) electrons. The summed E-state index contributed by atoms with van der Waals surface area (Å²) in [5, 5.41) is 15.9. The van der Waals surface area contributed by atoms with Crippen LogP contribution in [0.2, 0.25) is 0 Å². The second-order valence-electron chi connectivity index (χ2n) is 6.04. The maximum Gasteiger partial charge on any atom is 0.277 e. The van der Waals surface area contributed by atoms with Crippen LogP contribution < -0.4 is 5.32 Å². The van der Waals surface area contributed by atoms with Crippen molar-refractivity contribution in [2.45, 2.75) is 33.7 Å². The molecule has 5 nitrogen and oxygen atoms in total. The number of nitro benzene ring substituents is 1. The Hall–Kier alpha value is -2.17. The van der Waals surface area contributed by atoms with Crippen molar-refractivity contribution in [1.29, 1.82) is 0 Å². The Morgan fingerprint density at radius 2 is 1.95 bits per heavy atom. The van der Waals surface area contributed by atoms with Gasteiger partial charge >= 0.3 is 0 Å². The molecule has 1 atom stereocenters. The molecule has 0 aliphatic rings. The smallest absolute Gasteiger partial charge is 0.277 e. The van der Waals surface area contributed by atoms with Gasteiger partial charge < -0.3 is 5.32 Å². The van der Waals surface area contributed by atoms with E-state index in [-0.39, 0.29) is 22.1 Å². The lowest BCUT2D eigenvalue weighted by Gasteiger charge is -2.29. The predicted octanol–water partition coefficient (Wildman–Crippen LogP) is 3.99. The molecule has 5 heteroatoms. The predicted molar refractivity (Wildman–Crippen MR) is 80.9 cm³/mol. The van der Waals surface area contributed by atoms with Crippen LogP contribution in [-0.2, 0) is 0 Å². The highest BCUT2D eigenvalue weighted by molar-refractivity contribution is 5.99. The van der Waals surface area contributed by atoms with Crippen molar-refractivity contribution >= 4 is 22.1 Å². The van der Waals surface area contributed by atoms with E-state index in [0.29, 0.717) is 5.39 Å². The molecular weight excluding hydrogens is 254 g/mol. The molecule has 20 heavy (non-hydrogen) atoms. The second kappa shape index (κ2) is 5.07. The topological polar surface area (TPSA) is 68.1 Å². The van der Waals surface area contributed by atoms with Gasteiger partial charge in [0.1, 0.15) is 0 Å². The van der Waals surface area contributed by atoms with Crippen LogP contribution in [0, 0.1) is 15.5 Å². The Balaban J connectivity index is 2.51.